The van der Waals surface area contributed by atoms with Crippen molar-refractivity contribution in [2.24, 2.45) is 0 Å². The number of fused-ring (bicyclic) bond motifs is 11. The Morgan fingerprint density at radius 3 is 1.04 bits per heavy atom. The molecule has 0 bridgehead atoms. The van der Waals surface area contributed by atoms with Gasteiger partial charge in [0.2, 0.25) is 0 Å². The second kappa shape index (κ2) is 9.80. The average Bonchev–Trinajstić information content (AvgIpc) is 3.62. The number of aryl methyl sites for hydroxylation is 4. The fraction of sp³-hybridized carbons (Fsp3) is 0.0800. The molecule has 11 aromatic carbocycles. The number of rotatable bonds is 2. The van der Waals surface area contributed by atoms with Crippen LogP contribution in [0.4, 0.5) is 0 Å². The van der Waals surface area contributed by atoms with Crippen LogP contribution in [0.25, 0.3) is 108 Å². The molecular formula is C50H34. The van der Waals surface area contributed by atoms with Crippen LogP contribution in [0.15, 0.2) is 133 Å². The quantitative estimate of drug-likeness (QED) is 0.166. The summed E-state index contributed by atoms with van der Waals surface area (Å²) in [4.78, 5) is 0. The van der Waals surface area contributed by atoms with E-state index in [0.29, 0.717) is 0 Å². The largest absolute Gasteiger partial charge is 0.0620 e. The minimum atomic E-state index is 1.28. The van der Waals surface area contributed by atoms with E-state index in [1.807, 2.05) is 0 Å². The highest BCUT2D eigenvalue weighted by Crippen LogP contribution is 2.49. The second-order valence-corrected chi connectivity index (χ2v) is 14.6. The predicted molar refractivity (Wildman–Crippen MR) is 219 cm³/mol. The molecule has 0 aliphatic heterocycles. The Hall–Kier alpha value is -5.98. The van der Waals surface area contributed by atoms with Crippen LogP contribution in [0, 0.1) is 27.7 Å². The zero-order valence-electron chi connectivity index (χ0n) is 28.7. The Morgan fingerprint density at radius 2 is 0.600 bits per heavy atom. The van der Waals surface area contributed by atoms with Crippen LogP contribution in [0.2, 0.25) is 0 Å². The highest BCUT2D eigenvalue weighted by atomic mass is 14.2. The molecule has 0 atom stereocenters. The fourth-order valence-electron chi connectivity index (χ4n) is 9.49. The van der Waals surface area contributed by atoms with Crippen molar-refractivity contribution in [3.05, 3.63) is 156 Å². The molecule has 0 aliphatic rings. The van der Waals surface area contributed by atoms with Gasteiger partial charge in [0.05, 0.1) is 0 Å². The lowest BCUT2D eigenvalue weighted by atomic mass is 9.89. The van der Waals surface area contributed by atoms with E-state index in [1.54, 1.807) is 0 Å². The van der Waals surface area contributed by atoms with Crippen LogP contribution >= 0.6 is 0 Å². The van der Waals surface area contributed by atoms with E-state index in [2.05, 4.69) is 161 Å². The first-order chi connectivity index (χ1) is 24.5. The molecule has 0 aliphatic carbocycles. The van der Waals surface area contributed by atoms with Gasteiger partial charge in [0.1, 0.15) is 0 Å². The minimum absolute atomic E-state index is 1.28. The lowest BCUT2D eigenvalue weighted by Gasteiger charge is -2.14. The summed E-state index contributed by atoms with van der Waals surface area (Å²) in [6.45, 7) is 9.00. The summed E-state index contributed by atoms with van der Waals surface area (Å²) >= 11 is 0. The van der Waals surface area contributed by atoms with Crippen molar-refractivity contribution >= 4 is 86.2 Å². The summed E-state index contributed by atoms with van der Waals surface area (Å²) in [5.74, 6) is 0. The monoisotopic (exact) mass is 634 g/mol. The van der Waals surface area contributed by atoms with Crippen molar-refractivity contribution in [1.29, 1.82) is 0 Å². The van der Waals surface area contributed by atoms with Crippen LogP contribution in [-0.2, 0) is 0 Å². The lowest BCUT2D eigenvalue weighted by molar-refractivity contribution is 1.46. The van der Waals surface area contributed by atoms with Gasteiger partial charge in [0.15, 0.2) is 0 Å². The van der Waals surface area contributed by atoms with E-state index in [4.69, 9.17) is 0 Å². The molecule has 0 saturated carbocycles. The zero-order valence-corrected chi connectivity index (χ0v) is 28.7. The molecule has 0 heteroatoms. The topological polar surface area (TPSA) is 0 Å². The summed E-state index contributed by atoms with van der Waals surface area (Å²) in [5.41, 5.74) is 10.4. The van der Waals surface area contributed by atoms with Gasteiger partial charge in [-0.05, 0) is 183 Å². The van der Waals surface area contributed by atoms with Crippen LogP contribution in [-0.4, -0.2) is 0 Å². The van der Waals surface area contributed by atoms with Gasteiger partial charge in [0, 0.05) is 0 Å². The minimum Gasteiger partial charge on any atom is -0.0620 e. The molecule has 0 nitrogen and oxygen atoms in total. The molecule has 0 heterocycles. The summed E-state index contributed by atoms with van der Waals surface area (Å²) in [7, 11) is 0. The summed E-state index contributed by atoms with van der Waals surface area (Å²) in [6, 6.07) is 50.9. The lowest BCUT2D eigenvalue weighted by Crippen LogP contribution is -1.87. The third kappa shape index (κ3) is 3.56. The zero-order chi connectivity index (χ0) is 33.4. The molecule has 0 saturated heterocycles. The predicted octanol–water partition coefficient (Wildman–Crippen LogP) is 14.4. The van der Waals surface area contributed by atoms with E-state index >= 15 is 0 Å². The van der Waals surface area contributed by atoms with Crippen molar-refractivity contribution in [3.8, 4) is 22.3 Å². The van der Waals surface area contributed by atoms with E-state index in [-0.39, 0.29) is 0 Å². The van der Waals surface area contributed by atoms with Crippen molar-refractivity contribution in [2.45, 2.75) is 27.7 Å². The van der Waals surface area contributed by atoms with Crippen LogP contribution in [0.3, 0.4) is 0 Å². The van der Waals surface area contributed by atoms with Gasteiger partial charge in [-0.1, -0.05) is 109 Å². The van der Waals surface area contributed by atoms with Crippen molar-refractivity contribution in [1.82, 2.24) is 0 Å². The number of hydrogen-bond donors (Lipinski definition) is 0. The third-order valence-electron chi connectivity index (χ3n) is 11.9. The molecule has 0 unspecified atom stereocenters. The number of hydrogen-bond acceptors (Lipinski definition) is 0. The van der Waals surface area contributed by atoms with Gasteiger partial charge in [-0.3, -0.25) is 0 Å². The maximum atomic E-state index is 2.52. The first-order valence-electron chi connectivity index (χ1n) is 17.8. The standard InChI is InChI=1S/C50H34/c1-27-9-5-7-11-33(27)31-15-19-35-37-17-13-29(3)47-39-21-22-40-44(43(39)25-45(49(37)47)41(35)23-31)26-46-42-24-32(34-12-8-6-10-28(34)2)16-20-36(42)38-18-14-30(4)48(40)50(38)46/h5-26H,1-4H3. The Labute approximate surface area is 290 Å². The maximum Gasteiger partial charge on any atom is -0.00172 e. The highest BCUT2D eigenvalue weighted by molar-refractivity contribution is 6.40. The molecule has 0 radical (unpaired) electrons. The van der Waals surface area contributed by atoms with Gasteiger partial charge in [-0.15, -0.1) is 0 Å². The van der Waals surface area contributed by atoms with Gasteiger partial charge in [0.25, 0.3) is 0 Å². The SMILES string of the molecule is Cc1ccccc1-c1ccc2c(c1)c1cc3c4cc5c6cc(-c7ccccc7C)ccc6c6ccc(C)c(c4ccc3c3c(C)ccc2c13)c65. The van der Waals surface area contributed by atoms with E-state index in [9.17, 15) is 0 Å². The average molecular weight is 635 g/mol. The van der Waals surface area contributed by atoms with Crippen molar-refractivity contribution in [2.75, 3.05) is 0 Å². The smallest absolute Gasteiger partial charge is 0.00172 e. The molecule has 0 aromatic heterocycles. The molecule has 0 N–H and O–H groups in total. The Kier molecular flexibility index (Phi) is 5.47. The third-order valence-corrected chi connectivity index (χ3v) is 11.9. The number of benzene rings is 9. The first-order valence-corrected chi connectivity index (χ1v) is 17.8. The van der Waals surface area contributed by atoms with E-state index in [1.165, 1.54) is 131 Å². The molecular weight excluding hydrogens is 601 g/mol. The maximum absolute atomic E-state index is 2.52. The van der Waals surface area contributed by atoms with Gasteiger partial charge >= 0.3 is 0 Å². The van der Waals surface area contributed by atoms with E-state index in [0.717, 1.165) is 0 Å². The summed E-state index contributed by atoms with van der Waals surface area (Å²) in [5, 5.41) is 21.7. The first kappa shape index (κ1) is 27.9. The molecule has 11 aromatic rings. The highest BCUT2D eigenvalue weighted by Gasteiger charge is 2.21. The Bertz CT molecular complexity index is 3010. The van der Waals surface area contributed by atoms with E-state index < -0.39 is 0 Å². The van der Waals surface area contributed by atoms with Crippen LogP contribution in [0.1, 0.15) is 22.3 Å². The summed E-state index contributed by atoms with van der Waals surface area (Å²) in [6.07, 6.45) is 0. The Morgan fingerprint density at radius 1 is 0.240 bits per heavy atom. The van der Waals surface area contributed by atoms with Gasteiger partial charge in [-0.25, -0.2) is 0 Å². The Balaban J connectivity index is 1.31. The molecule has 0 spiro atoms. The molecule has 234 valence electrons. The molecule has 0 amide bonds. The van der Waals surface area contributed by atoms with Gasteiger partial charge < -0.3 is 0 Å². The van der Waals surface area contributed by atoms with Crippen molar-refractivity contribution in [3.63, 3.8) is 0 Å². The molecule has 50 heavy (non-hydrogen) atoms. The fourth-order valence-corrected chi connectivity index (χ4v) is 9.49. The normalized spacial score (nSPS) is 12.4. The van der Waals surface area contributed by atoms with Crippen LogP contribution in [0.5, 0.6) is 0 Å². The van der Waals surface area contributed by atoms with Gasteiger partial charge in [-0.2, -0.15) is 0 Å². The van der Waals surface area contributed by atoms with Crippen LogP contribution < -0.4 is 0 Å². The summed E-state index contributed by atoms with van der Waals surface area (Å²) < 4.78 is 0. The second-order valence-electron chi connectivity index (χ2n) is 14.6. The molecule has 0 fully saturated rings. The van der Waals surface area contributed by atoms with Crippen molar-refractivity contribution < 1.29 is 0 Å². The molecule has 11 rings (SSSR count).